The first-order valence-corrected chi connectivity index (χ1v) is 19.3. The van der Waals surface area contributed by atoms with Gasteiger partial charge in [-0.1, -0.05) is 6.42 Å². The summed E-state index contributed by atoms with van der Waals surface area (Å²) in [5.74, 6) is -1.13. The number of anilines is 1. The SMILES string of the molecule is COC(=O)C[C@H]1CCC[C@@H]1[C@](CN1CCC1)(c1cc(F)cc(F)c1)C1CCN(CC2(F)CN(c3ccc(S(=O)(=O)C4CC4)cc3)C2)CC1. The molecular weight excluding hydrogens is 639 g/mol. The molecule has 3 aliphatic heterocycles. The number of piperidine rings is 1. The van der Waals surface area contributed by atoms with Crippen LogP contribution in [0.25, 0.3) is 0 Å². The summed E-state index contributed by atoms with van der Waals surface area (Å²) < 4.78 is 76.2. The van der Waals surface area contributed by atoms with Crippen LogP contribution < -0.4 is 4.90 Å². The largest absolute Gasteiger partial charge is 0.469 e. The van der Waals surface area contributed by atoms with Crippen molar-refractivity contribution in [3.8, 4) is 0 Å². The summed E-state index contributed by atoms with van der Waals surface area (Å²) >= 11 is 0. The van der Waals surface area contributed by atoms with Crippen LogP contribution in [0.2, 0.25) is 0 Å². The van der Waals surface area contributed by atoms with E-state index in [1.165, 1.54) is 19.2 Å². The Morgan fingerprint density at radius 3 is 2.15 bits per heavy atom. The fourth-order valence-electron chi connectivity index (χ4n) is 9.42. The van der Waals surface area contributed by atoms with Gasteiger partial charge in [-0.25, -0.2) is 21.6 Å². The van der Waals surface area contributed by atoms with E-state index in [0.717, 1.165) is 76.2 Å². The summed E-state index contributed by atoms with van der Waals surface area (Å²) in [6.07, 6.45) is 7.15. The maximum atomic E-state index is 16.1. The van der Waals surface area contributed by atoms with Gasteiger partial charge in [0.15, 0.2) is 15.5 Å². The minimum atomic E-state index is -3.26. The maximum absolute atomic E-state index is 16.1. The van der Waals surface area contributed by atoms with E-state index in [1.54, 1.807) is 24.3 Å². The highest BCUT2D eigenvalue weighted by Crippen LogP contribution is 2.54. The van der Waals surface area contributed by atoms with Crippen LogP contribution in [0.5, 0.6) is 0 Å². The number of esters is 1. The Labute approximate surface area is 282 Å². The Bertz CT molecular complexity index is 1560. The zero-order valence-electron chi connectivity index (χ0n) is 27.9. The predicted molar refractivity (Wildman–Crippen MR) is 178 cm³/mol. The van der Waals surface area contributed by atoms with Crippen LogP contribution >= 0.6 is 0 Å². The average Bonchev–Trinajstić information content (AvgIpc) is 3.80. The lowest BCUT2D eigenvalue weighted by atomic mass is 9.56. The predicted octanol–water partition coefficient (Wildman–Crippen LogP) is 5.76. The van der Waals surface area contributed by atoms with Crippen molar-refractivity contribution in [2.75, 3.05) is 64.4 Å². The Morgan fingerprint density at radius 1 is 0.896 bits per heavy atom. The lowest BCUT2D eigenvalue weighted by Crippen LogP contribution is -2.64. The van der Waals surface area contributed by atoms with E-state index in [0.29, 0.717) is 43.1 Å². The van der Waals surface area contributed by atoms with Crippen molar-refractivity contribution in [2.24, 2.45) is 17.8 Å². The normalized spacial score (nSPS) is 26.5. The third-order valence-corrected chi connectivity index (χ3v) is 14.4. The van der Waals surface area contributed by atoms with Crippen LogP contribution in [-0.2, 0) is 24.8 Å². The molecule has 2 aromatic carbocycles. The molecule has 0 N–H and O–H groups in total. The second-order valence-corrected chi connectivity index (χ2v) is 17.4. The van der Waals surface area contributed by atoms with Gasteiger partial charge in [0, 0.05) is 36.7 Å². The topological polar surface area (TPSA) is 70.2 Å². The second kappa shape index (κ2) is 13.2. The standard InChI is InChI=1S/C37H48F3N3O4S/c1-47-35(44)18-26-4-2-5-34(26)37(25-41-14-3-15-41,28-19-29(38)21-30(39)20-28)27-12-16-42(17-13-27)22-36(40)23-43(24-36)31-6-8-32(9-7-31)48(45,46)33-10-11-33/h6-9,19-21,26-27,33-34H,2-5,10-18,22-25H2,1H3/t26-,34+,37+/m1/s1. The van der Waals surface area contributed by atoms with E-state index in [9.17, 15) is 22.0 Å². The molecule has 11 heteroatoms. The summed E-state index contributed by atoms with van der Waals surface area (Å²) in [7, 11) is -1.85. The van der Waals surface area contributed by atoms with Gasteiger partial charge < -0.3 is 14.5 Å². The summed E-state index contributed by atoms with van der Waals surface area (Å²) in [5.41, 5.74) is -0.388. The molecule has 7 rings (SSSR count). The van der Waals surface area contributed by atoms with Crippen molar-refractivity contribution >= 4 is 21.5 Å². The van der Waals surface area contributed by atoms with Gasteiger partial charge in [-0.15, -0.1) is 0 Å². The minimum absolute atomic E-state index is 0.0704. The van der Waals surface area contributed by atoms with Gasteiger partial charge in [0.25, 0.3) is 0 Å². The molecule has 3 atom stereocenters. The highest BCUT2D eigenvalue weighted by atomic mass is 32.2. The maximum Gasteiger partial charge on any atom is 0.305 e. The van der Waals surface area contributed by atoms with Gasteiger partial charge in [0.05, 0.1) is 30.3 Å². The third-order valence-electron chi connectivity index (χ3n) is 12.1. The number of carbonyl (C=O) groups is 1. The molecule has 7 nitrogen and oxygen atoms in total. The Balaban J connectivity index is 1.06. The summed E-state index contributed by atoms with van der Waals surface area (Å²) in [6.45, 7) is 4.80. The number of sulfone groups is 1. The number of likely N-dealkylation sites (tertiary alicyclic amines) is 2. The molecule has 0 radical (unpaired) electrons. The molecule has 262 valence electrons. The molecule has 0 bridgehead atoms. The van der Waals surface area contributed by atoms with Crippen molar-refractivity contribution in [1.29, 1.82) is 0 Å². The van der Waals surface area contributed by atoms with Crippen molar-refractivity contribution in [1.82, 2.24) is 9.80 Å². The highest BCUT2D eigenvalue weighted by Gasteiger charge is 2.54. The van der Waals surface area contributed by atoms with E-state index >= 15 is 4.39 Å². The quantitative estimate of drug-likeness (QED) is 0.263. The zero-order chi connectivity index (χ0) is 33.7. The van der Waals surface area contributed by atoms with Crippen molar-refractivity contribution in [3.05, 3.63) is 59.7 Å². The Kier molecular flexibility index (Phi) is 9.34. The fourth-order valence-corrected chi connectivity index (χ4v) is 11.1. The fraction of sp³-hybridized carbons (Fsp3) is 0.649. The third kappa shape index (κ3) is 6.63. The molecule has 5 fully saturated rings. The molecule has 0 unspecified atom stereocenters. The summed E-state index contributed by atoms with van der Waals surface area (Å²) in [5, 5.41) is -0.259. The minimum Gasteiger partial charge on any atom is -0.469 e. The number of ether oxygens (including phenoxy) is 1. The number of rotatable bonds is 12. The smallest absolute Gasteiger partial charge is 0.305 e. The molecule has 0 spiro atoms. The molecule has 0 aromatic heterocycles. The average molecular weight is 688 g/mol. The van der Waals surface area contributed by atoms with Crippen LogP contribution in [0.4, 0.5) is 18.9 Å². The first-order valence-electron chi connectivity index (χ1n) is 17.7. The highest BCUT2D eigenvalue weighted by molar-refractivity contribution is 7.92. The number of methoxy groups -OCH3 is 1. The van der Waals surface area contributed by atoms with Crippen molar-refractivity contribution in [2.45, 2.75) is 79.0 Å². The zero-order valence-corrected chi connectivity index (χ0v) is 28.7. The molecular formula is C37H48F3N3O4S. The van der Waals surface area contributed by atoms with Gasteiger partial charge >= 0.3 is 5.97 Å². The molecule has 3 saturated heterocycles. The second-order valence-electron chi connectivity index (χ2n) is 15.2. The number of alkyl halides is 1. The molecule has 2 aliphatic carbocycles. The van der Waals surface area contributed by atoms with Gasteiger partial charge in [-0.3, -0.25) is 9.69 Å². The van der Waals surface area contributed by atoms with E-state index < -0.39 is 32.6 Å². The van der Waals surface area contributed by atoms with Crippen LogP contribution in [0.3, 0.4) is 0 Å². The number of halogens is 3. The molecule has 3 heterocycles. The lowest BCUT2D eigenvalue weighted by Gasteiger charge is -2.54. The van der Waals surface area contributed by atoms with Crippen LogP contribution in [-0.4, -0.2) is 94.6 Å². The lowest BCUT2D eigenvalue weighted by molar-refractivity contribution is -0.142. The molecule has 48 heavy (non-hydrogen) atoms. The molecule has 2 aromatic rings. The van der Waals surface area contributed by atoms with Gasteiger partial charge in [-0.05, 0) is 131 Å². The van der Waals surface area contributed by atoms with E-state index in [4.69, 9.17) is 4.74 Å². The number of hydrogen-bond acceptors (Lipinski definition) is 7. The van der Waals surface area contributed by atoms with Crippen molar-refractivity contribution < 1.29 is 31.1 Å². The number of carbonyl (C=O) groups excluding carboxylic acids is 1. The summed E-state index contributed by atoms with van der Waals surface area (Å²) in [6, 6.07) is 10.8. The number of benzene rings is 2. The first-order chi connectivity index (χ1) is 23.0. The Morgan fingerprint density at radius 2 is 1.56 bits per heavy atom. The van der Waals surface area contributed by atoms with Crippen LogP contribution in [0.1, 0.15) is 63.4 Å². The van der Waals surface area contributed by atoms with Gasteiger partial charge in [0.1, 0.15) is 11.6 Å². The van der Waals surface area contributed by atoms with E-state index in [-0.39, 0.29) is 42.1 Å². The Hall–Kier alpha value is -2.63. The van der Waals surface area contributed by atoms with Crippen LogP contribution in [0, 0.1) is 29.4 Å². The summed E-state index contributed by atoms with van der Waals surface area (Å²) in [4.78, 5) is 19.4. The van der Waals surface area contributed by atoms with Gasteiger partial charge in [-0.2, -0.15) is 0 Å². The molecule has 5 aliphatic rings. The van der Waals surface area contributed by atoms with E-state index in [1.807, 2.05) is 4.90 Å². The van der Waals surface area contributed by atoms with Crippen molar-refractivity contribution in [3.63, 3.8) is 0 Å². The van der Waals surface area contributed by atoms with E-state index in [2.05, 4.69) is 9.80 Å². The molecule has 0 amide bonds. The monoisotopic (exact) mass is 687 g/mol. The number of nitrogens with zero attached hydrogens (tertiary/aromatic N) is 3. The first kappa shape index (κ1) is 33.8. The molecule has 2 saturated carbocycles. The van der Waals surface area contributed by atoms with Gasteiger partial charge in [0.2, 0.25) is 0 Å². The van der Waals surface area contributed by atoms with Crippen LogP contribution in [0.15, 0.2) is 47.4 Å². The number of hydrogen-bond donors (Lipinski definition) is 0.